The van der Waals surface area contributed by atoms with Crippen LogP contribution in [0.1, 0.15) is 42.9 Å². The van der Waals surface area contributed by atoms with Crippen molar-refractivity contribution in [1.29, 1.82) is 0 Å². The number of carbonyl (C=O) groups is 3. The van der Waals surface area contributed by atoms with Gasteiger partial charge in [0, 0.05) is 38.3 Å². The van der Waals surface area contributed by atoms with E-state index in [1.165, 1.54) is 5.56 Å². The molecule has 2 N–H and O–H groups in total. The zero-order chi connectivity index (χ0) is 26.4. The summed E-state index contributed by atoms with van der Waals surface area (Å²) in [6.45, 7) is 8.65. The van der Waals surface area contributed by atoms with Crippen molar-refractivity contribution in [2.24, 2.45) is 5.41 Å². The number of rotatable bonds is 6. The Balaban J connectivity index is 1.35. The van der Waals surface area contributed by atoms with Crippen molar-refractivity contribution in [3.63, 3.8) is 0 Å². The molecule has 2 aromatic carbocycles. The first kappa shape index (κ1) is 26.5. The highest BCUT2D eigenvalue weighted by Crippen LogP contribution is 2.40. The van der Waals surface area contributed by atoms with E-state index < -0.39 is 12.1 Å². The van der Waals surface area contributed by atoms with E-state index in [-0.39, 0.29) is 24.0 Å². The number of piperidine rings is 1. The molecule has 1 unspecified atom stereocenters. The van der Waals surface area contributed by atoms with Gasteiger partial charge in [-0.25, -0.2) is 9.59 Å². The summed E-state index contributed by atoms with van der Waals surface area (Å²) in [7, 11) is 0. The molecule has 2 aliphatic rings. The number of benzene rings is 2. The maximum Gasteiger partial charge on any atom is 0.407 e. The van der Waals surface area contributed by atoms with E-state index in [1.807, 2.05) is 66.1 Å². The molecule has 2 aliphatic heterocycles. The Morgan fingerprint density at radius 3 is 2.30 bits per heavy atom. The smallest absolute Gasteiger partial charge is 0.407 e. The minimum Gasteiger partial charge on any atom is -0.450 e. The molecule has 198 valence electrons. The van der Waals surface area contributed by atoms with Gasteiger partial charge in [-0.15, -0.1) is 0 Å². The van der Waals surface area contributed by atoms with Crippen molar-refractivity contribution in [1.82, 2.24) is 15.1 Å². The first-order chi connectivity index (χ1) is 17.8. The molecule has 0 aliphatic carbocycles. The molecule has 1 atom stereocenters. The molecular weight excluding hydrogens is 468 g/mol. The van der Waals surface area contributed by atoms with E-state index in [1.54, 1.807) is 6.92 Å². The van der Waals surface area contributed by atoms with E-state index in [4.69, 9.17) is 4.74 Å². The monoisotopic (exact) mass is 506 g/mol. The second-order valence-corrected chi connectivity index (χ2v) is 10.4. The first-order valence-electron chi connectivity index (χ1n) is 13.2. The minimum absolute atomic E-state index is 0.00738. The number of anilines is 1. The van der Waals surface area contributed by atoms with Crippen LogP contribution in [0.25, 0.3) is 0 Å². The van der Waals surface area contributed by atoms with Gasteiger partial charge in [-0.3, -0.25) is 4.79 Å². The number of hydrogen-bond donors (Lipinski definition) is 2. The van der Waals surface area contributed by atoms with Gasteiger partial charge in [-0.2, -0.15) is 0 Å². The third kappa shape index (κ3) is 6.61. The second-order valence-electron chi connectivity index (χ2n) is 10.4. The molecule has 0 aromatic heterocycles. The topological polar surface area (TPSA) is 91.0 Å². The molecule has 0 saturated carbocycles. The number of nitrogens with one attached hydrogen (secondary N) is 2. The third-order valence-corrected chi connectivity index (χ3v) is 7.63. The minimum atomic E-state index is -0.680. The number of amides is 4. The van der Waals surface area contributed by atoms with Crippen molar-refractivity contribution in [2.75, 3.05) is 38.1 Å². The molecule has 4 rings (SSSR count). The summed E-state index contributed by atoms with van der Waals surface area (Å²) in [5, 5.41) is 5.82. The number of ether oxygens (including phenoxy) is 1. The van der Waals surface area contributed by atoms with Crippen LogP contribution in [0.5, 0.6) is 0 Å². The molecule has 2 aromatic rings. The molecule has 8 nitrogen and oxygen atoms in total. The number of alkyl carbamates (subject to hydrolysis) is 1. The lowest BCUT2D eigenvalue weighted by atomic mass is 9.78. The largest absolute Gasteiger partial charge is 0.450 e. The lowest BCUT2D eigenvalue weighted by Crippen LogP contribution is -2.50. The molecule has 0 bridgehead atoms. The quantitative estimate of drug-likeness (QED) is 0.603. The number of urea groups is 1. The maximum absolute atomic E-state index is 13.5. The fraction of sp³-hybridized carbons (Fsp3) is 0.483. The van der Waals surface area contributed by atoms with Gasteiger partial charge in [0.25, 0.3) is 0 Å². The Kier molecular flexibility index (Phi) is 8.36. The Bertz CT molecular complexity index is 1110. The van der Waals surface area contributed by atoms with E-state index in [2.05, 4.69) is 16.7 Å². The van der Waals surface area contributed by atoms with Crippen LogP contribution >= 0.6 is 0 Å². The van der Waals surface area contributed by atoms with Crippen LogP contribution in [0.2, 0.25) is 0 Å². The second kappa shape index (κ2) is 11.7. The Labute approximate surface area is 219 Å². The molecule has 4 amide bonds. The van der Waals surface area contributed by atoms with Gasteiger partial charge in [0.1, 0.15) is 6.04 Å². The molecule has 2 heterocycles. The predicted octanol–water partition coefficient (Wildman–Crippen LogP) is 4.51. The Hall–Kier alpha value is -3.55. The van der Waals surface area contributed by atoms with Crippen molar-refractivity contribution < 1.29 is 19.1 Å². The molecule has 1 spiro atoms. The summed E-state index contributed by atoms with van der Waals surface area (Å²) in [6, 6.07) is 14.9. The molecule has 37 heavy (non-hydrogen) atoms. The van der Waals surface area contributed by atoms with Crippen molar-refractivity contribution in [3.05, 3.63) is 65.2 Å². The highest BCUT2D eigenvalue weighted by molar-refractivity contribution is 5.90. The lowest BCUT2D eigenvalue weighted by molar-refractivity contribution is -0.132. The van der Waals surface area contributed by atoms with Crippen molar-refractivity contribution in [2.45, 2.75) is 52.5 Å². The fourth-order valence-electron chi connectivity index (χ4n) is 5.45. The Morgan fingerprint density at radius 1 is 0.973 bits per heavy atom. The van der Waals surface area contributed by atoms with Gasteiger partial charge >= 0.3 is 12.1 Å². The summed E-state index contributed by atoms with van der Waals surface area (Å²) in [5.74, 6) is -0.0798. The van der Waals surface area contributed by atoms with E-state index in [0.29, 0.717) is 32.6 Å². The number of aryl methyl sites for hydroxylation is 2. The van der Waals surface area contributed by atoms with Crippen LogP contribution in [-0.4, -0.2) is 66.7 Å². The number of nitrogens with zero attached hydrogens (tertiary/aromatic N) is 2. The number of carbonyl (C=O) groups excluding carboxylic acids is 3. The van der Waals surface area contributed by atoms with Crippen molar-refractivity contribution >= 4 is 23.7 Å². The van der Waals surface area contributed by atoms with Crippen molar-refractivity contribution in [3.8, 4) is 0 Å². The fourth-order valence-corrected chi connectivity index (χ4v) is 5.45. The van der Waals surface area contributed by atoms with Gasteiger partial charge in [0.2, 0.25) is 5.91 Å². The van der Waals surface area contributed by atoms with Gasteiger partial charge < -0.3 is 25.2 Å². The number of likely N-dealkylation sites (tertiary alicyclic amines) is 2. The normalized spacial score (nSPS) is 17.4. The highest BCUT2D eigenvalue weighted by atomic mass is 16.5. The zero-order valence-corrected chi connectivity index (χ0v) is 22.1. The van der Waals surface area contributed by atoms with Gasteiger partial charge in [-0.1, -0.05) is 48.0 Å². The van der Waals surface area contributed by atoms with E-state index in [0.717, 1.165) is 36.1 Å². The number of hydrogen-bond acceptors (Lipinski definition) is 4. The average molecular weight is 507 g/mol. The van der Waals surface area contributed by atoms with E-state index in [9.17, 15) is 14.4 Å². The average Bonchev–Trinajstić information content (AvgIpc) is 3.29. The molecule has 2 saturated heterocycles. The van der Waals surface area contributed by atoms with Crippen LogP contribution in [0.15, 0.2) is 48.5 Å². The summed E-state index contributed by atoms with van der Waals surface area (Å²) in [4.78, 5) is 42.4. The zero-order valence-electron chi connectivity index (χ0n) is 22.1. The van der Waals surface area contributed by atoms with E-state index >= 15 is 0 Å². The van der Waals surface area contributed by atoms with Gasteiger partial charge in [-0.05, 0) is 62.6 Å². The molecule has 2 fully saturated rings. The van der Waals surface area contributed by atoms with Crippen LogP contribution in [0, 0.1) is 19.3 Å². The summed E-state index contributed by atoms with van der Waals surface area (Å²) in [5.41, 5.74) is 4.04. The van der Waals surface area contributed by atoms with Gasteiger partial charge in [0.15, 0.2) is 0 Å². The summed E-state index contributed by atoms with van der Waals surface area (Å²) in [6.07, 6.45) is 2.45. The Morgan fingerprint density at radius 2 is 1.65 bits per heavy atom. The highest BCUT2D eigenvalue weighted by Gasteiger charge is 2.44. The van der Waals surface area contributed by atoms with Gasteiger partial charge in [0.05, 0.1) is 6.61 Å². The molecular formula is C29H38N4O4. The third-order valence-electron chi connectivity index (χ3n) is 7.63. The van der Waals surface area contributed by atoms with Crippen LogP contribution in [-0.2, 0) is 16.0 Å². The standard InChI is InChI=1S/C29H38N4O4/c1-4-37-28(36)31-25(19-23-8-6-5-7-9-23)26(34)33-17-14-29(20-33)12-15-32(16-13-29)27(35)30-24-11-10-21(2)18-22(24)3/h5-11,18,25H,4,12-17,19-20H2,1-3H3,(H,30,35)(H,31,36). The SMILES string of the molecule is CCOC(=O)NC(Cc1ccccc1)C(=O)N1CCC2(CCN(C(=O)Nc3ccc(C)cc3C)CC2)C1. The lowest BCUT2D eigenvalue weighted by Gasteiger charge is -2.39. The predicted molar refractivity (Wildman–Crippen MR) is 143 cm³/mol. The molecule has 0 radical (unpaired) electrons. The molecule has 8 heteroatoms. The van der Waals surface area contributed by atoms with Crippen LogP contribution in [0.4, 0.5) is 15.3 Å². The van der Waals surface area contributed by atoms with Crippen LogP contribution < -0.4 is 10.6 Å². The van der Waals surface area contributed by atoms with Crippen LogP contribution in [0.3, 0.4) is 0 Å². The maximum atomic E-state index is 13.5. The summed E-state index contributed by atoms with van der Waals surface area (Å²) >= 11 is 0. The first-order valence-corrected chi connectivity index (χ1v) is 13.2. The summed E-state index contributed by atoms with van der Waals surface area (Å²) < 4.78 is 5.06.